The lowest BCUT2D eigenvalue weighted by Gasteiger charge is -2.31. The molecule has 1 aromatic carbocycles. The number of aromatic nitrogens is 2. The Balaban J connectivity index is 1.60. The third kappa shape index (κ3) is 3.30. The third-order valence-corrected chi connectivity index (χ3v) is 3.75. The summed E-state index contributed by atoms with van der Waals surface area (Å²) in [4.78, 5) is 20.4. The normalized spacial score (nSPS) is 17.2. The van der Waals surface area contributed by atoms with Crippen LogP contribution in [0, 0.1) is 5.82 Å². The summed E-state index contributed by atoms with van der Waals surface area (Å²) in [5.41, 5.74) is 6.62. The van der Waals surface area contributed by atoms with Gasteiger partial charge < -0.3 is 16.0 Å². The minimum absolute atomic E-state index is 0.280. The van der Waals surface area contributed by atoms with Gasteiger partial charge in [-0.1, -0.05) is 0 Å². The van der Waals surface area contributed by atoms with Gasteiger partial charge in [0.2, 0.25) is 11.9 Å². The van der Waals surface area contributed by atoms with Crippen LogP contribution in [-0.4, -0.2) is 46.5 Å². The summed E-state index contributed by atoms with van der Waals surface area (Å²) in [5, 5.41) is 3.33. The van der Waals surface area contributed by atoms with Crippen LogP contribution in [0.2, 0.25) is 0 Å². The van der Waals surface area contributed by atoms with Crippen LogP contribution in [0.25, 0.3) is 11.0 Å². The smallest absolute Gasteiger partial charge is 0.231 e. The quantitative estimate of drug-likeness (QED) is 0.786. The van der Waals surface area contributed by atoms with E-state index < -0.39 is 0 Å². The summed E-state index contributed by atoms with van der Waals surface area (Å²) in [6.07, 6.45) is 1.83. The van der Waals surface area contributed by atoms with Crippen LogP contribution in [0.3, 0.4) is 0 Å². The summed E-state index contributed by atoms with van der Waals surface area (Å²) in [6, 6.07) is 4.78. The van der Waals surface area contributed by atoms with Gasteiger partial charge in [0.15, 0.2) is 0 Å². The summed E-state index contributed by atoms with van der Waals surface area (Å²) < 4.78 is 13.1. The van der Waals surface area contributed by atoms with Crippen molar-refractivity contribution in [3.8, 4) is 0 Å². The molecule has 2 aromatic rings. The molecule has 0 unspecified atom stereocenters. The number of hydrogen-bond donors (Lipinski definition) is 3. The van der Waals surface area contributed by atoms with E-state index in [1.165, 1.54) is 12.1 Å². The lowest BCUT2D eigenvalue weighted by atomic mass is 10.1. The average Bonchev–Trinajstić information content (AvgIpc) is 2.82. The van der Waals surface area contributed by atoms with E-state index in [0.29, 0.717) is 24.1 Å². The van der Waals surface area contributed by atoms with Gasteiger partial charge in [0, 0.05) is 19.1 Å². The average molecular weight is 291 g/mol. The molecule has 112 valence electrons. The molecule has 0 radical (unpaired) electrons. The highest BCUT2D eigenvalue weighted by Crippen LogP contribution is 2.18. The molecule has 7 heteroatoms. The Morgan fingerprint density at radius 2 is 2.24 bits per heavy atom. The first-order chi connectivity index (χ1) is 10.1. The first-order valence-electron chi connectivity index (χ1n) is 7.02. The monoisotopic (exact) mass is 291 g/mol. The highest BCUT2D eigenvalue weighted by Gasteiger charge is 2.20. The number of nitrogens with two attached hydrogens (primary N) is 1. The van der Waals surface area contributed by atoms with Crippen LogP contribution in [-0.2, 0) is 4.79 Å². The number of rotatable bonds is 4. The number of piperidine rings is 1. The number of fused-ring (bicyclic) bond motifs is 1. The van der Waals surface area contributed by atoms with Crippen molar-refractivity contribution in [2.24, 2.45) is 5.73 Å². The number of amides is 1. The van der Waals surface area contributed by atoms with Crippen LogP contribution < -0.4 is 11.1 Å². The van der Waals surface area contributed by atoms with E-state index in [1.807, 2.05) is 0 Å². The van der Waals surface area contributed by atoms with Crippen LogP contribution >= 0.6 is 0 Å². The van der Waals surface area contributed by atoms with Crippen molar-refractivity contribution in [2.45, 2.75) is 18.9 Å². The molecule has 1 aliphatic rings. The van der Waals surface area contributed by atoms with Crippen molar-refractivity contribution in [2.75, 3.05) is 25.0 Å². The van der Waals surface area contributed by atoms with E-state index in [0.717, 1.165) is 31.4 Å². The number of primary amides is 1. The largest absolute Gasteiger partial charge is 0.369 e. The molecule has 0 saturated carbocycles. The molecule has 0 bridgehead atoms. The molecule has 3 rings (SSSR count). The second kappa shape index (κ2) is 5.69. The number of halogens is 1. The van der Waals surface area contributed by atoms with Gasteiger partial charge in [-0.25, -0.2) is 9.37 Å². The van der Waals surface area contributed by atoms with E-state index in [1.54, 1.807) is 6.07 Å². The predicted octanol–water partition coefficient (Wildman–Crippen LogP) is 1.06. The Labute approximate surface area is 121 Å². The van der Waals surface area contributed by atoms with Gasteiger partial charge in [0.1, 0.15) is 5.82 Å². The van der Waals surface area contributed by atoms with Crippen molar-refractivity contribution >= 4 is 22.9 Å². The maximum atomic E-state index is 13.1. The van der Waals surface area contributed by atoms with Gasteiger partial charge in [-0.05, 0) is 31.0 Å². The minimum atomic E-state index is -0.291. The third-order valence-electron chi connectivity index (χ3n) is 3.75. The van der Waals surface area contributed by atoms with Crippen molar-refractivity contribution in [1.29, 1.82) is 0 Å². The number of nitrogens with one attached hydrogen (secondary N) is 2. The van der Waals surface area contributed by atoms with Crippen molar-refractivity contribution in [3.05, 3.63) is 24.0 Å². The zero-order chi connectivity index (χ0) is 14.8. The number of hydrogen-bond acceptors (Lipinski definition) is 4. The number of carbonyl (C=O) groups is 1. The first kappa shape index (κ1) is 13.8. The number of imidazole rings is 1. The van der Waals surface area contributed by atoms with Gasteiger partial charge >= 0.3 is 0 Å². The number of nitrogens with zero attached hydrogens (tertiary/aromatic N) is 2. The van der Waals surface area contributed by atoms with Crippen LogP contribution in [0.1, 0.15) is 12.8 Å². The molecule has 1 saturated heterocycles. The molecular weight excluding hydrogens is 273 g/mol. The molecule has 1 fully saturated rings. The van der Waals surface area contributed by atoms with Crippen LogP contribution in [0.5, 0.6) is 0 Å². The van der Waals surface area contributed by atoms with Crippen molar-refractivity contribution in [1.82, 2.24) is 14.9 Å². The molecule has 0 spiro atoms. The Morgan fingerprint density at radius 1 is 1.48 bits per heavy atom. The summed E-state index contributed by atoms with van der Waals surface area (Å²) in [7, 11) is 0. The highest BCUT2D eigenvalue weighted by molar-refractivity contribution is 5.77. The highest BCUT2D eigenvalue weighted by atomic mass is 19.1. The molecule has 1 aromatic heterocycles. The van der Waals surface area contributed by atoms with E-state index in [-0.39, 0.29) is 11.7 Å². The van der Waals surface area contributed by atoms with Gasteiger partial charge in [0.25, 0.3) is 0 Å². The number of likely N-dealkylation sites (tertiary alicyclic amines) is 1. The van der Waals surface area contributed by atoms with Crippen molar-refractivity contribution < 1.29 is 9.18 Å². The molecule has 4 N–H and O–H groups in total. The fourth-order valence-electron chi connectivity index (χ4n) is 2.70. The van der Waals surface area contributed by atoms with E-state index in [2.05, 4.69) is 20.2 Å². The second-order valence-corrected chi connectivity index (χ2v) is 5.41. The number of benzene rings is 1. The van der Waals surface area contributed by atoms with E-state index in [4.69, 9.17) is 5.73 Å². The number of aromatic amines is 1. The van der Waals surface area contributed by atoms with Gasteiger partial charge in [0.05, 0.1) is 17.6 Å². The molecule has 1 aliphatic heterocycles. The van der Waals surface area contributed by atoms with Gasteiger partial charge in [-0.2, -0.15) is 0 Å². The topological polar surface area (TPSA) is 87.0 Å². The molecule has 2 heterocycles. The van der Waals surface area contributed by atoms with Crippen LogP contribution in [0.4, 0.5) is 10.3 Å². The summed E-state index contributed by atoms with van der Waals surface area (Å²) in [5.74, 6) is 0.0853. The predicted molar refractivity (Wildman–Crippen MR) is 78.3 cm³/mol. The number of carbonyl (C=O) groups excluding carboxylic acids is 1. The minimum Gasteiger partial charge on any atom is -0.369 e. The fourth-order valence-corrected chi connectivity index (χ4v) is 2.70. The molecule has 0 aliphatic carbocycles. The Morgan fingerprint density at radius 3 is 2.95 bits per heavy atom. The summed E-state index contributed by atoms with van der Waals surface area (Å²) >= 11 is 0. The van der Waals surface area contributed by atoms with E-state index in [9.17, 15) is 9.18 Å². The standard InChI is InChI=1S/C14H18FN5O/c15-9-1-2-11-12(7-9)19-14(18-11)17-10-3-5-20(6-4-10)8-13(16)21/h1-2,7,10H,3-6,8H2,(H2,16,21)(H2,17,18,19). The van der Waals surface area contributed by atoms with E-state index >= 15 is 0 Å². The van der Waals surface area contributed by atoms with Crippen LogP contribution in [0.15, 0.2) is 18.2 Å². The molecular formula is C14H18FN5O. The number of anilines is 1. The molecule has 6 nitrogen and oxygen atoms in total. The summed E-state index contributed by atoms with van der Waals surface area (Å²) in [6.45, 7) is 1.97. The zero-order valence-corrected chi connectivity index (χ0v) is 11.6. The molecule has 0 atom stereocenters. The SMILES string of the molecule is NC(=O)CN1CCC(Nc2nc3ccc(F)cc3[nH]2)CC1. The lowest BCUT2D eigenvalue weighted by Crippen LogP contribution is -2.43. The molecule has 21 heavy (non-hydrogen) atoms. The second-order valence-electron chi connectivity index (χ2n) is 5.41. The van der Waals surface area contributed by atoms with Crippen molar-refractivity contribution in [3.63, 3.8) is 0 Å². The zero-order valence-electron chi connectivity index (χ0n) is 11.6. The first-order valence-corrected chi connectivity index (χ1v) is 7.02. The maximum Gasteiger partial charge on any atom is 0.231 e. The maximum absolute atomic E-state index is 13.1. The Bertz CT molecular complexity index is 648. The van der Waals surface area contributed by atoms with Gasteiger partial charge in [-0.15, -0.1) is 0 Å². The Kier molecular flexibility index (Phi) is 3.74. The Hall–Kier alpha value is -2.15. The lowest BCUT2D eigenvalue weighted by molar-refractivity contribution is -0.119. The molecule has 1 amide bonds. The fraction of sp³-hybridized carbons (Fsp3) is 0.429. The number of H-pyrrole nitrogens is 1. The van der Waals surface area contributed by atoms with Gasteiger partial charge in [-0.3, -0.25) is 9.69 Å².